The molecule has 112 valence electrons. The van der Waals surface area contributed by atoms with E-state index in [1.165, 1.54) is 12.1 Å². The minimum absolute atomic E-state index is 0.185. The Bertz CT molecular complexity index is 462. The number of nitrogens with zero attached hydrogens (tertiary/aromatic N) is 2. The van der Waals surface area contributed by atoms with Gasteiger partial charge in [0.2, 0.25) is 0 Å². The molecule has 0 amide bonds. The van der Waals surface area contributed by atoms with Gasteiger partial charge in [0.05, 0.1) is 0 Å². The van der Waals surface area contributed by atoms with Crippen molar-refractivity contribution < 1.29 is 39.1 Å². The topological polar surface area (TPSA) is 45.0 Å². The van der Waals surface area contributed by atoms with Gasteiger partial charge in [-0.1, -0.05) is 38.0 Å². The molecule has 0 bridgehead atoms. The number of rotatable bonds is 1. The summed E-state index contributed by atoms with van der Waals surface area (Å²) in [7, 11) is 9.87. The van der Waals surface area contributed by atoms with Crippen LogP contribution in [0.15, 0.2) is 28.4 Å². The molecule has 20 heavy (non-hydrogen) atoms. The number of aromatic hydroxyl groups is 1. The molecule has 9 heteroatoms. The summed E-state index contributed by atoms with van der Waals surface area (Å²) in [6.07, 6.45) is -4.73. The van der Waals surface area contributed by atoms with Crippen LogP contribution in [0, 0.1) is 0 Å². The van der Waals surface area contributed by atoms with Gasteiger partial charge >= 0.3 is 44.2 Å². The number of benzene rings is 1. The predicted molar refractivity (Wildman–Crippen MR) is 69.1 cm³/mol. The average molecular weight is 408 g/mol. The van der Waals surface area contributed by atoms with Crippen molar-refractivity contribution in [2.24, 2.45) is 10.2 Å². The van der Waals surface area contributed by atoms with Crippen molar-refractivity contribution >= 4 is 22.7 Å². The van der Waals surface area contributed by atoms with E-state index in [0.717, 1.165) is 0 Å². The summed E-state index contributed by atoms with van der Waals surface area (Å²) in [5, 5.41) is 15.0. The summed E-state index contributed by atoms with van der Waals surface area (Å²) in [6, 6.07) is 4.45. The Morgan fingerprint density at radius 1 is 1.15 bits per heavy atom. The Balaban J connectivity index is 0.00000110. The number of para-hydroxylation sites is 1. The molecule has 1 aromatic carbocycles. The standard InChI is InChI=1S/C11H13F3N2O.2ClH.Zr/c1-10(2,3)7-5-4-6-8(9(7)17)15-16-11(12,13)14;;;/h4-6,17H,1-3H3;2*1H;/q;;;+2/p-2. The molecule has 0 aliphatic carbocycles. The van der Waals surface area contributed by atoms with E-state index in [4.69, 9.17) is 17.0 Å². The van der Waals surface area contributed by atoms with Crippen LogP contribution >= 0.6 is 17.0 Å². The van der Waals surface area contributed by atoms with Crippen LogP contribution < -0.4 is 0 Å². The van der Waals surface area contributed by atoms with Crippen LogP contribution in [-0.2, 0) is 26.3 Å². The van der Waals surface area contributed by atoms with Gasteiger partial charge in [0, 0.05) is 5.56 Å². The van der Waals surface area contributed by atoms with Crippen LogP contribution in [-0.4, -0.2) is 11.4 Å². The van der Waals surface area contributed by atoms with Crippen LogP contribution in [0.3, 0.4) is 0 Å². The van der Waals surface area contributed by atoms with Crippen LogP contribution in [0.1, 0.15) is 26.3 Å². The van der Waals surface area contributed by atoms with Gasteiger partial charge in [-0.2, -0.15) is 0 Å². The second kappa shape index (κ2) is 8.35. The van der Waals surface area contributed by atoms with Crippen molar-refractivity contribution in [3.8, 4) is 5.75 Å². The first kappa shape index (κ1) is 19.9. The molecule has 1 aromatic rings. The van der Waals surface area contributed by atoms with Crippen LogP contribution in [0.25, 0.3) is 0 Å². The molecule has 0 heterocycles. The average Bonchev–Trinajstić information content (AvgIpc) is 2.26. The Kier molecular flexibility index (Phi) is 8.30. The van der Waals surface area contributed by atoms with Crippen molar-refractivity contribution in [3.63, 3.8) is 0 Å². The molecule has 0 radical (unpaired) electrons. The van der Waals surface area contributed by atoms with Crippen molar-refractivity contribution in [3.05, 3.63) is 23.8 Å². The van der Waals surface area contributed by atoms with E-state index in [2.05, 4.69) is 10.2 Å². The molecule has 3 nitrogen and oxygen atoms in total. The zero-order valence-electron chi connectivity index (χ0n) is 11.0. The fourth-order valence-corrected chi connectivity index (χ4v) is 1.33. The first-order chi connectivity index (χ1) is 9.03. The molecule has 0 aromatic heterocycles. The summed E-state index contributed by atoms with van der Waals surface area (Å²) >= 11 is -0.826. The van der Waals surface area contributed by atoms with Gasteiger partial charge < -0.3 is 5.11 Å². The Morgan fingerprint density at radius 3 is 2.05 bits per heavy atom. The third kappa shape index (κ3) is 7.60. The van der Waals surface area contributed by atoms with Gasteiger partial charge in [-0.25, -0.2) is 0 Å². The van der Waals surface area contributed by atoms with Crippen molar-refractivity contribution in [2.75, 3.05) is 0 Å². The Hall–Kier alpha value is -0.127. The summed E-state index contributed by atoms with van der Waals surface area (Å²) < 4.78 is 35.6. The van der Waals surface area contributed by atoms with E-state index >= 15 is 0 Å². The fraction of sp³-hybridized carbons (Fsp3) is 0.455. The summed E-state index contributed by atoms with van der Waals surface area (Å²) in [6.45, 7) is 5.52. The first-order valence-electron chi connectivity index (χ1n) is 5.31. The Labute approximate surface area is 133 Å². The van der Waals surface area contributed by atoms with Crippen molar-refractivity contribution in [1.29, 1.82) is 0 Å². The molecule has 0 spiro atoms. The molecule has 0 saturated heterocycles. The van der Waals surface area contributed by atoms with Crippen molar-refractivity contribution in [2.45, 2.75) is 32.5 Å². The quantitative estimate of drug-likeness (QED) is 0.472. The molecule has 1 N–H and O–H groups in total. The van der Waals surface area contributed by atoms with Gasteiger partial charge in [0.15, 0.2) is 0 Å². The zero-order chi connectivity index (χ0) is 16.0. The molecule has 0 unspecified atom stereocenters. The van der Waals surface area contributed by atoms with Crippen LogP contribution in [0.4, 0.5) is 18.9 Å². The molecule has 0 atom stereocenters. The SMILES string of the molecule is CC(C)(C)c1cccc(N=NC(F)(F)F)c1O.[Cl][Zr][Cl]. The molecule has 0 saturated carbocycles. The van der Waals surface area contributed by atoms with Crippen LogP contribution in [0.2, 0.25) is 0 Å². The number of azo groups is 1. The van der Waals surface area contributed by atoms with E-state index in [0.29, 0.717) is 5.56 Å². The number of hydrogen-bond donors (Lipinski definition) is 1. The van der Waals surface area contributed by atoms with E-state index in [1.54, 1.807) is 6.07 Å². The van der Waals surface area contributed by atoms with E-state index in [-0.39, 0.29) is 16.9 Å². The molecule has 0 aliphatic heterocycles. The second-order valence-electron chi connectivity index (χ2n) is 4.66. The number of phenols is 1. The van der Waals surface area contributed by atoms with Gasteiger partial charge in [-0.15, -0.1) is 18.3 Å². The molecular formula is C11H13Cl2F3N2OZr. The number of phenolic OH excluding ortho intramolecular Hbond substituents is 1. The zero-order valence-corrected chi connectivity index (χ0v) is 14.9. The molecule has 0 aliphatic rings. The third-order valence-electron chi connectivity index (χ3n) is 2.09. The normalized spacial score (nSPS) is 12.0. The number of alkyl halides is 3. The van der Waals surface area contributed by atoms with Gasteiger partial charge in [-0.3, -0.25) is 0 Å². The number of halogens is 5. The first-order valence-corrected chi connectivity index (χ1v) is 11.6. The van der Waals surface area contributed by atoms with Gasteiger partial charge in [0.1, 0.15) is 11.4 Å². The molecule has 1 rings (SSSR count). The van der Waals surface area contributed by atoms with E-state index in [9.17, 15) is 18.3 Å². The predicted octanol–water partition coefficient (Wildman–Crippen LogP) is 5.67. The maximum absolute atomic E-state index is 11.9. The van der Waals surface area contributed by atoms with Crippen LogP contribution in [0.5, 0.6) is 5.75 Å². The fourth-order valence-electron chi connectivity index (χ4n) is 1.33. The van der Waals surface area contributed by atoms with E-state index < -0.39 is 27.1 Å². The summed E-state index contributed by atoms with van der Waals surface area (Å²) in [4.78, 5) is 0. The van der Waals surface area contributed by atoms with Crippen molar-refractivity contribution in [1.82, 2.24) is 0 Å². The van der Waals surface area contributed by atoms with Gasteiger partial charge in [-0.05, 0) is 11.5 Å². The van der Waals surface area contributed by atoms with Gasteiger partial charge in [0.25, 0.3) is 0 Å². The minimum atomic E-state index is -4.73. The Morgan fingerprint density at radius 2 is 1.65 bits per heavy atom. The second-order valence-corrected chi connectivity index (χ2v) is 8.39. The van der Waals surface area contributed by atoms with E-state index in [1.807, 2.05) is 20.8 Å². The monoisotopic (exact) mass is 406 g/mol. The third-order valence-corrected chi connectivity index (χ3v) is 2.09. The summed E-state index contributed by atoms with van der Waals surface area (Å²) in [5.41, 5.74) is -0.0423. The molecular weight excluding hydrogens is 395 g/mol. The maximum atomic E-state index is 11.9. The summed E-state index contributed by atoms with van der Waals surface area (Å²) in [5.74, 6) is -0.270. The number of hydrogen-bond acceptors (Lipinski definition) is 3. The molecule has 0 fully saturated rings.